The molecular weight excluding hydrogens is 447 g/mol. The molecule has 32 heavy (non-hydrogen) atoms. The highest BCUT2D eigenvalue weighted by molar-refractivity contribution is 5.98. The fraction of sp³-hybridized carbons (Fsp3) is 0.333. The predicted molar refractivity (Wildman–Crippen MR) is 130 cm³/mol. The van der Waals surface area contributed by atoms with Crippen LogP contribution in [0.1, 0.15) is 42.1 Å². The Morgan fingerprint density at radius 3 is 2.25 bits per heavy atom. The number of para-hydroxylation sites is 1. The molecule has 0 radical (unpaired) electrons. The smallest absolute Gasteiger partial charge is 0.252 e. The summed E-state index contributed by atoms with van der Waals surface area (Å²) in [5.41, 5.74) is 8.09. The predicted octanol–water partition coefficient (Wildman–Crippen LogP) is 4.99. The second kappa shape index (κ2) is 9.94. The van der Waals surface area contributed by atoms with Gasteiger partial charge in [0.25, 0.3) is 5.91 Å². The molecule has 0 bridgehead atoms. The van der Waals surface area contributed by atoms with Crippen LogP contribution < -0.4 is 15.8 Å². The van der Waals surface area contributed by atoms with Crippen molar-refractivity contribution in [1.29, 1.82) is 0 Å². The lowest BCUT2D eigenvalue weighted by atomic mass is 9.60. The van der Waals surface area contributed by atoms with Crippen LogP contribution in [-0.2, 0) is 0 Å². The fourth-order valence-corrected chi connectivity index (χ4v) is 4.77. The van der Waals surface area contributed by atoms with Crippen molar-refractivity contribution in [3.8, 4) is 22.8 Å². The van der Waals surface area contributed by atoms with Gasteiger partial charge in [-0.05, 0) is 80.6 Å². The summed E-state index contributed by atoms with van der Waals surface area (Å²) >= 11 is 0. The third-order valence-corrected chi connectivity index (χ3v) is 6.48. The average Bonchev–Trinajstić information content (AvgIpc) is 3.19. The number of nitrogens with two attached hydrogens (primary N) is 1. The lowest BCUT2D eigenvalue weighted by Gasteiger charge is -2.50. The van der Waals surface area contributed by atoms with Gasteiger partial charge in [0.05, 0.1) is 11.6 Å². The van der Waals surface area contributed by atoms with Gasteiger partial charge in [-0.3, -0.25) is 9.48 Å². The number of primary amides is 1. The van der Waals surface area contributed by atoms with Crippen LogP contribution in [0.15, 0.2) is 60.8 Å². The van der Waals surface area contributed by atoms with E-state index in [-0.39, 0.29) is 24.8 Å². The van der Waals surface area contributed by atoms with Crippen LogP contribution in [0.25, 0.3) is 11.3 Å². The number of hydrogen-bond donors (Lipinski definition) is 2. The first-order chi connectivity index (χ1) is 14.6. The zero-order chi connectivity index (χ0) is 20.6. The topological polar surface area (TPSA) is 82.2 Å². The maximum absolute atomic E-state index is 12.1. The number of ether oxygens (including phenoxy) is 1. The normalized spacial score (nSPS) is 17.0. The summed E-state index contributed by atoms with van der Waals surface area (Å²) < 4.78 is 7.81. The van der Waals surface area contributed by atoms with Gasteiger partial charge in [0, 0.05) is 11.8 Å². The van der Waals surface area contributed by atoms with Gasteiger partial charge in [0.1, 0.15) is 17.2 Å². The van der Waals surface area contributed by atoms with Crippen molar-refractivity contribution in [1.82, 2.24) is 15.1 Å². The van der Waals surface area contributed by atoms with Gasteiger partial charge in [-0.2, -0.15) is 5.10 Å². The minimum Gasteiger partial charge on any atom is -0.457 e. The van der Waals surface area contributed by atoms with Crippen LogP contribution >= 0.6 is 24.8 Å². The first-order valence-electron chi connectivity index (χ1n) is 10.5. The molecule has 2 heterocycles. The number of nitrogens with one attached hydrogen (secondary N) is 1. The number of piperidine rings is 1. The lowest BCUT2D eigenvalue weighted by Crippen LogP contribution is -2.46. The van der Waals surface area contributed by atoms with Gasteiger partial charge in [0.15, 0.2) is 0 Å². The number of aromatic nitrogens is 2. The third kappa shape index (κ3) is 4.77. The lowest BCUT2D eigenvalue weighted by molar-refractivity contribution is 0.0231. The van der Waals surface area contributed by atoms with E-state index in [1.807, 2.05) is 65.5 Å². The van der Waals surface area contributed by atoms with E-state index in [2.05, 4.69) is 5.32 Å². The quantitative estimate of drug-likeness (QED) is 0.545. The molecular formula is C24H28Cl2N4O2. The molecule has 0 unspecified atom stereocenters. The van der Waals surface area contributed by atoms with Gasteiger partial charge in [0.2, 0.25) is 0 Å². The highest BCUT2D eigenvalue weighted by atomic mass is 35.5. The van der Waals surface area contributed by atoms with Gasteiger partial charge < -0.3 is 15.8 Å². The summed E-state index contributed by atoms with van der Waals surface area (Å²) in [6.45, 7) is 2.20. The molecule has 2 aromatic carbocycles. The Morgan fingerprint density at radius 2 is 1.62 bits per heavy atom. The highest BCUT2D eigenvalue weighted by Gasteiger charge is 2.45. The van der Waals surface area contributed by atoms with E-state index in [1.165, 1.54) is 12.8 Å². The second-order valence-electron chi connectivity index (χ2n) is 8.49. The Kier molecular flexibility index (Phi) is 7.49. The molecule has 1 aliphatic carbocycles. The number of hydrogen-bond acceptors (Lipinski definition) is 4. The van der Waals surface area contributed by atoms with Crippen LogP contribution in [0.5, 0.6) is 11.5 Å². The molecule has 8 heteroatoms. The summed E-state index contributed by atoms with van der Waals surface area (Å²) in [7, 11) is 0. The van der Waals surface area contributed by atoms with E-state index in [1.54, 1.807) is 0 Å². The number of rotatable bonds is 5. The minimum atomic E-state index is -0.447. The fourth-order valence-electron chi connectivity index (χ4n) is 4.77. The molecule has 6 nitrogen and oxygen atoms in total. The number of carbonyl (C=O) groups excluding carboxylic acids is 1. The molecule has 2 aliphatic rings. The summed E-state index contributed by atoms with van der Waals surface area (Å²) in [4.78, 5) is 12.1. The summed E-state index contributed by atoms with van der Waals surface area (Å²) in [5.74, 6) is 1.07. The van der Waals surface area contributed by atoms with Gasteiger partial charge >= 0.3 is 0 Å². The molecule has 1 saturated carbocycles. The molecule has 3 aromatic rings. The van der Waals surface area contributed by atoms with Crippen LogP contribution in [-0.4, -0.2) is 28.8 Å². The van der Waals surface area contributed by atoms with Crippen molar-refractivity contribution < 1.29 is 9.53 Å². The van der Waals surface area contributed by atoms with Crippen molar-refractivity contribution >= 4 is 30.7 Å². The van der Waals surface area contributed by atoms with Crippen molar-refractivity contribution in [2.45, 2.75) is 31.7 Å². The number of carbonyl (C=O) groups is 1. The van der Waals surface area contributed by atoms with Crippen molar-refractivity contribution in [2.75, 3.05) is 13.1 Å². The number of amides is 1. The Hall–Kier alpha value is -2.54. The Bertz CT molecular complexity index is 1040. The molecule has 170 valence electrons. The number of nitrogens with zero attached hydrogens (tertiary/aromatic N) is 2. The van der Waals surface area contributed by atoms with E-state index in [0.717, 1.165) is 43.0 Å². The van der Waals surface area contributed by atoms with E-state index in [4.69, 9.17) is 15.6 Å². The number of benzene rings is 2. The molecule has 1 saturated heterocycles. The van der Waals surface area contributed by atoms with Crippen LogP contribution in [0.3, 0.4) is 0 Å². The van der Waals surface area contributed by atoms with Crippen LogP contribution in [0.2, 0.25) is 0 Å². The highest BCUT2D eigenvalue weighted by Crippen LogP contribution is 2.53. The minimum absolute atomic E-state index is 0. The first-order valence-corrected chi connectivity index (χ1v) is 10.5. The SMILES string of the molecule is Cl.Cl.NC(=O)c1cn(C2CC3(CCNCC3)C2)nc1-c1ccc(Oc2ccccc2)cc1. The third-order valence-electron chi connectivity index (χ3n) is 6.48. The van der Waals surface area contributed by atoms with Crippen molar-refractivity contribution in [2.24, 2.45) is 11.1 Å². The van der Waals surface area contributed by atoms with Crippen LogP contribution in [0.4, 0.5) is 0 Å². The molecule has 1 amide bonds. The molecule has 3 N–H and O–H groups in total. The Morgan fingerprint density at radius 1 is 1.00 bits per heavy atom. The van der Waals surface area contributed by atoms with E-state index in [9.17, 15) is 4.79 Å². The Labute approximate surface area is 200 Å². The molecule has 0 atom stereocenters. The van der Waals surface area contributed by atoms with Gasteiger partial charge in [-0.25, -0.2) is 0 Å². The maximum Gasteiger partial charge on any atom is 0.252 e. The zero-order valence-electron chi connectivity index (χ0n) is 17.7. The summed E-state index contributed by atoms with van der Waals surface area (Å²) in [6, 6.07) is 17.6. The van der Waals surface area contributed by atoms with Gasteiger partial charge in [-0.1, -0.05) is 18.2 Å². The van der Waals surface area contributed by atoms with Crippen molar-refractivity contribution in [3.05, 3.63) is 66.4 Å². The average molecular weight is 475 g/mol. The Balaban J connectivity index is 0.00000144. The van der Waals surface area contributed by atoms with Crippen LogP contribution in [0, 0.1) is 5.41 Å². The molecule has 2 fully saturated rings. The van der Waals surface area contributed by atoms with Crippen molar-refractivity contribution in [3.63, 3.8) is 0 Å². The maximum atomic E-state index is 12.1. The van der Waals surface area contributed by atoms with E-state index < -0.39 is 5.91 Å². The monoisotopic (exact) mass is 474 g/mol. The number of halogens is 2. The zero-order valence-corrected chi connectivity index (χ0v) is 19.3. The van der Waals surface area contributed by atoms with E-state index >= 15 is 0 Å². The van der Waals surface area contributed by atoms with Gasteiger partial charge in [-0.15, -0.1) is 24.8 Å². The molecule has 1 aliphatic heterocycles. The second-order valence-corrected chi connectivity index (χ2v) is 8.49. The summed E-state index contributed by atoms with van der Waals surface area (Å²) in [6.07, 6.45) is 6.52. The standard InChI is InChI=1S/C24H26N4O2.2ClH/c25-23(29)21-16-28(18-14-24(15-18)10-12-26-13-11-24)27-22(21)17-6-8-20(9-7-17)30-19-4-2-1-3-5-19;;/h1-9,16,18,26H,10-15H2,(H2,25,29);2*1H. The molecule has 1 spiro atoms. The first kappa shape index (κ1) is 24.1. The van der Waals surface area contributed by atoms with E-state index in [0.29, 0.717) is 22.7 Å². The largest absolute Gasteiger partial charge is 0.457 e. The summed E-state index contributed by atoms with van der Waals surface area (Å²) in [5, 5.41) is 8.21. The molecule has 1 aromatic heterocycles. The molecule has 5 rings (SSSR count).